The van der Waals surface area contributed by atoms with Gasteiger partial charge in [-0.25, -0.2) is 4.98 Å². The summed E-state index contributed by atoms with van der Waals surface area (Å²) in [4.78, 5) is 9.00. The molecule has 0 spiro atoms. The first kappa shape index (κ1) is 17.5. The first-order valence-electron chi connectivity index (χ1n) is 8.26. The third-order valence-corrected chi connectivity index (χ3v) is 3.83. The highest BCUT2D eigenvalue weighted by molar-refractivity contribution is 5.66. The average Bonchev–Trinajstić information content (AvgIpc) is 2.63. The number of aryl methyl sites for hydroxylation is 2. The first-order valence-corrected chi connectivity index (χ1v) is 8.26. The molecule has 0 atom stereocenters. The molecule has 0 aliphatic rings. The Morgan fingerprint density at radius 2 is 1.58 bits per heavy atom. The van der Waals surface area contributed by atoms with Gasteiger partial charge in [-0.15, -0.1) is 0 Å². The Morgan fingerprint density at radius 3 is 2.27 bits per heavy atom. The van der Waals surface area contributed by atoms with Gasteiger partial charge < -0.3 is 20.1 Å². The maximum atomic E-state index is 5.40. The number of ether oxygens (including phenoxy) is 2. The number of nitrogens with zero attached hydrogens (tertiary/aromatic N) is 2. The molecule has 0 unspecified atom stereocenters. The zero-order valence-corrected chi connectivity index (χ0v) is 15.3. The molecule has 2 aromatic carbocycles. The van der Waals surface area contributed by atoms with Crippen LogP contribution in [0.3, 0.4) is 0 Å². The van der Waals surface area contributed by atoms with Crippen LogP contribution in [0.25, 0.3) is 0 Å². The zero-order valence-electron chi connectivity index (χ0n) is 15.3. The predicted molar refractivity (Wildman–Crippen MR) is 104 cm³/mol. The largest absolute Gasteiger partial charge is 0.497 e. The van der Waals surface area contributed by atoms with E-state index in [2.05, 4.69) is 39.7 Å². The van der Waals surface area contributed by atoms with Crippen molar-refractivity contribution in [3.05, 3.63) is 59.8 Å². The fourth-order valence-electron chi connectivity index (χ4n) is 2.51. The molecular formula is C20H22N4O2. The molecule has 0 bridgehead atoms. The summed E-state index contributed by atoms with van der Waals surface area (Å²) in [5.41, 5.74) is 3.76. The van der Waals surface area contributed by atoms with Gasteiger partial charge in [0.15, 0.2) is 0 Å². The number of nitrogens with one attached hydrogen (secondary N) is 2. The van der Waals surface area contributed by atoms with Crippen LogP contribution in [0.5, 0.6) is 11.5 Å². The van der Waals surface area contributed by atoms with Crippen molar-refractivity contribution < 1.29 is 9.47 Å². The fraction of sp³-hybridized carbons (Fsp3) is 0.200. The topological polar surface area (TPSA) is 68.3 Å². The molecule has 26 heavy (non-hydrogen) atoms. The summed E-state index contributed by atoms with van der Waals surface area (Å²) in [6, 6.07) is 15.6. The Balaban J connectivity index is 1.87. The van der Waals surface area contributed by atoms with Crippen molar-refractivity contribution in [2.45, 2.75) is 13.8 Å². The highest BCUT2D eigenvalue weighted by Gasteiger charge is 2.09. The molecule has 6 nitrogen and oxygen atoms in total. The van der Waals surface area contributed by atoms with E-state index in [0.29, 0.717) is 17.5 Å². The molecule has 0 aliphatic carbocycles. The van der Waals surface area contributed by atoms with E-state index < -0.39 is 0 Å². The zero-order chi connectivity index (χ0) is 18.5. The summed E-state index contributed by atoms with van der Waals surface area (Å²) < 4.78 is 10.7. The van der Waals surface area contributed by atoms with E-state index in [-0.39, 0.29) is 0 Å². The van der Waals surface area contributed by atoms with Crippen LogP contribution >= 0.6 is 0 Å². The molecule has 3 rings (SSSR count). The molecule has 1 aromatic heterocycles. The molecule has 0 saturated heterocycles. The molecule has 6 heteroatoms. The minimum Gasteiger partial charge on any atom is -0.497 e. The number of methoxy groups -OCH3 is 2. The van der Waals surface area contributed by atoms with Crippen LogP contribution in [0.1, 0.15) is 11.3 Å². The van der Waals surface area contributed by atoms with Gasteiger partial charge >= 0.3 is 0 Å². The Hall–Kier alpha value is -3.28. The lowest BCUT2D eigenvalue weighted by atomic mass is 10.2. The first-order chi connectivity index (χ1) is 12.6. The summed E-state index contributed by atoms with van der Waals surface area (Å²) in [6.45, 7) is 3.98. The lowest BCUT2D eigenvalue weighted by Gasteiger charge is -2.13. The second-order valence-electron chi connectivity index (χ2n) is 5.90. The molecule has 0 saturated carbocycles. The number of anilines is 4. The minimum absolute atomic E-state index is 0.478. The fourth-order valence-corrected chi connectivity index (χ4v) is 2.51. The lowest BCUT2D eigenvalue weighted by Crippen LogP contribution is -2.03. The van der Waals surface area contributed by atoms with Crippen molar-refractivity contribution in [3.63, 3.8) is 0 Å². The summed E-state index contributed by atoms with van der Waals surface area (Å²) in [7, 11) is 3.24. The number of hydrogen-bond donors (Lipinski definition) is 2. The minimum atomic E-state index is 0.478. The predicted octanol–water partition coefficient (Wildman–Crippen LogP) is 4.60. The van der Waals surface area contributed by atoms with Crippen molar-refractivity contribution in [2.24, 2.45) is 0 Å². The molecular weight excluding hydrogens is 328 g/mol. The third kappa shape index (κ3) is 4.22. The van der Waals surface area contributed by atoms with E-state index in [1.54, 1.807) is 14.2 Å². The van der Waals surface area contributed by atoms with E-state index in [4.69, 9.17) is 9.47 Å². The van der Waals surface area contributed by atoms with Gasteiger partial charge in [0.25, 0.3) is 0 Å². The van der Waals surface area contributed by atoms with Gasteiger partial charge in [0.2, 0.25) is 5.95 Å². The van der Waals surface area contributed by atoms with Crippen LogP contribution in [0, 0.1) is 13.8 Å². The summed E-state index contributed by atoms with van der Waals surface area (Å²) in [6.07, 6.45) is 0. The smallest absolute Gasteiger partial charge is 0.229 e. The second-order valence-corrected chi connectivity index (χ2v) is 5.90. The number of aromatic nitrogens is 2. The summed E-state index contributed by atoms with van der Waals surface area (Å²) in [5.74, 6) is 2.60. The molecule has 134 valence electrons. The Labute approximate surface area is 153 Å². The van der Waals surface area contributed by atoms with Crippen molar-refractivity contribution in [1.29, 1.82) is 0 Å². The summed E-state index contributed by atoms with van der Waals surface area (Å²) >= 11 is 0. The van der Waals surface area contributed by atoms with Gasteiger partial charge in [-0.2, -0.15) is 4.98 Å². The van der Waals surface area contributed by atoms with Gasteiger partial charge in [-0.1, -0.05) is 17.7 Å². The molecule has 0 radical (unpaired) electrons. The van der Waals surface area contributed by atoms with Gasteiger partial charge in [-0.3, -0.25) is 0 Å². The number of hydrogen-bond acceptors (Lipinski definition) is 6. The highest BCUT2D eigenvalue weighted by Crippen LogP contribution is 2.31. The molecule has 3 aromatic rings. The van der Waals surface area contributed by atoms with Crippen LogP contribution in [0.4, 0.5) is 23.1 Å². The van der Waals surface area contributed by atoms with Crippen molar-refractivity contribution in [3.8, 4) is 11.5 Å². The van der Waals surface area contributed by atoms with Gasteiger partial charge in [0, 0.05) is 23.5 Å². The SMILES string of the molecule is COc1ccc(OC)c(Nc2nc(C)cc(Nc3ccc(C)cc3)n2)c1. The highest BCUT2D eigenvalue weighted by atomic mass is 16.5. The number of benzene rings is 2. The van der Waals surface area contributed by atoms with E-state index in [1.807, 2.05) is 43.3 Å². The normalized spacial score (nSPS) is 10.3. The number of rotatable bonds is 6. The van der Waals surface area contributed by atoms with Gasteiger partial charge in [-0.05, 0) is 38.1 Å². The quantitative estimate of drug-likeness (QED) is 0.677. The van der Waals surface area contributed by atoms with Crippen LogP contribution in [-0.2, 0) is 0 Å². The Kier molecular flexibility index (Phi) is 5.22. The molecule has 0 amide bonds. The van der Waals surface area contributed by atoms with E-state index in [0.717, 1.165) is 22.8 Å². The third-order valence-electron chi connectivity index (χ3n) is 3.83. The van der Waals surface area contributed by atoms with E-state index in [9.17, 15) is 0 Å². The molecule has 2 N–H and O–H groups in total. The van der Waals surface area contributed by atoms with Gasteiger partial charge in [0.1, 0.15) is 17.3 Å². The van der Waals surface area contributed by atoms with Crippen LogP contribution in [0.2, 0.25) is 0 Å². The second kappa shape index (κ2) is 7.74. The average molecular weight is 350 g/mol. The lowest BCUT2D eigenvalue weighted by molar-refractivity contribution is 0.405. The van der Waals surface area contributed by atoms with Crippen molar-refractivity contribution in [1.82, 2.24) is 9.97 Å². The van der Waals surface area contributed by atoms with Crippen LogP contribution < -0.4 is 20.1 Å². The standard InChI is InChI=1S/C20H22N4O2/c1-13-5-7-15(8-6-13)22-19-11-14(2)21-20(24-19)23-17-12-16(25-3)9-10-18(17)26-4/h5-12H,1-4H3,(H2,21,22,23,24). The summed E-state index contributed by atoms with van der Waals surface area (Å²) in [5, 5.41) is 6.51. The molecule has 0 aliphatic heterocycles. The maximum Gasteiger partial charge on any atom is 0.229 e. The van der Waals surface area contributed by atoms with E-state index in [1.165, 1.54) is 5.56 Å². The monoisotopic (exact) mass is 350 g/mol. The Bertz CT molecular complexity index is 895. The van der Waals surface area contributed by atoms with E-state index >= 15 is 0 Å². The molecule has 0 fully saturated rings. The maximum absolute atomic E-state index is 5.40. The van der Waals surface area contributed by atoms with Crippen LogP contribution in [0.15, 0.2) is 48.5 Å². The molecule has 1 heterocycles. The van der Waals surface area contributed by atoms with Crippen LogP contribution in [-0.4, -0.2) is 24.2 Å². The van der Waals surface area contributed by atoms with Crippen molar-refractivity contribution >= 4 is 23.1 Å². The van der Waals surface area contributed by atoms with Crippen molar-refractivity contribution in [2.75, 3.05) is 24.9 Å². The van der Waals surface area contributed by atoms with Gasteiger partial charge in [0.05, 0.1) is 19.9 Å². The Morgan fingerprint density at radius 1 is 0.808 bits per heavy atom.